The molecule has 0 spiro atoms. The summed E-state index contributed by atoms with van der Waals surface area (Å²) in [6.45, 7) is 2.01. The Kier molecular flexibility index (Phi) is 3.44. The van der Waals surface area contributed by atoms with E-state index in [1.807, 2.05) is 25.1 Å². The summed E-state index contributed by atoms with van der Waals surface area (Å²) in [5.74, 6) is 0.00870. The Labute approximate surface area is 104 Å². The first-order valence-corrected chi connectivity index (χ1v) is 6.18. The van der Waals surface area contributed by atoms with E-state index >= 15 is 0 Å². The Morgan fingerprint density at radius 1 is 1.38 bits per heavy atom. The highest BCUT2D eigenvalue weighted by Crippen LogP contribution is 2.18. The summed E-state index contributed by atoms with van der Waals surface area (Å²) in [6, 6.07) is 5.95. The smallest absolute Gasteiger partial charge is 0.251 e. The fraction of sp³-hybridized carbons (Fsp3) is 0.308. The molecule has 0 aliphatic heterocycles. The summed E-state index contributed by atoms with van der Waals surface area (Å²) in [4.78, 5) is 11.9. The summed E-state index contributed by atoms with van der Waals surface area (Å²) < 4.78 is 0.977. The summed E-state index contributed by atoms with van der Waals surface area (Å²) in [5.41, 5.74) is 1.85. The molecule has 3 heteroatoms. The second-order valence-electron chi connectivity index (χ2n) is 4.08. The molecule has 2 rings (SSSR count). The predicted molar refractivity (Wildman–Crippen MR) is 68.5 cm³/mol. The van der Waals surface area contributed by atoms with Crippen molar-refractivity contribution in [2.75, 3.05) is 0 Å². The Hall–Kier alpha value is -1.09. The molecule has 0 radical (unpaired) electrons. The number of hydrogen-bond acceptors (Lipinski definition) is 1. The van der Waals surface area contributed by atoms with Gasteiger partial charge in [-0.1, -0.05) is 34.1 Å². The molecular formula is C13H14BrNO. The van der Waals surface area contributed by atoms with Crippen molar-refractivity contribution in [1.29, 1.82) is 0 Å². The van der Waals surface area contributed by atoms with Crippen molar-refractivity contribution in [2.24, 2.45) is 0 Å². The number of halogens is 1. The van der Waals surface area contributed by atoms with E-state index in [4.69, 9.17) is 0 Å². The van der Waals surface area contributed by atoms with Crippen LogP contribution >= 0.6 is 15.9 Å². The minimum absolute atomic E-state index is 0.00870. The second-order valence-corrected chi connectivity index (χ2v) is 4.93. The van der Waals surface area contributed by atoms with Crippen LogP contribution in [0.2, 0.25) is 0 Å². The maximum atomic E-state index is 11.9. The van der Waals surface area contributed by atoms with Gasteiger partial charge in [0.25, 0.3) is 5.91 Å². The number of carbonyl (C=O) groups is 1. The van der Waals surface area contributed by atoms with E-state index in [0.29, 0.717) is 5.56 Å². The average Bonchev–Trinajstić information content (AvgIpc) is 2.74. The van der Waals surface area contributed by atoms with Crippen LogP contribution in [0.1, 0.15) is 28.8 Å². The van der Waals surface area contributed by atoms with Gasteiger partial charge in [-0.3, -0.25) is 4.79 Å². The lowest BCUT2D eigenvalue weighted by Crippen LogP contribution is -2.32. The number of benzene rings is 1. The Morgan fingerprint density at radius 2 is 2.06 bits per heavy atom. The fourth-order valence-electron chi connectivity index (χ4n) is 1.74. The Morgan fingerprint density at radius 3 is 2.69 bits per heavy atom. The van der Waals surface area contributed by atoms with Gasteiger partial charge in [-0.25, -0.2) is 0 Å². The van der Waals surface area contributed by atoms with Gasteiger partial charge >= 0.3 is 0 Å². The number of hydrogen-bond donors (Lipinski definition) is 1. The topological polar surface area (TPSA) is 29.1 Å². The third kappa shape index (κ3) is 2.53. The third-order valence-electron chi connectivity index (χ3n) is 2.78. The monoisotopic (exact) mass is 279 g/mol. The molecule has 1 aliphatic rings. The average molecular weight is 280 g/mol. The van der Waals surface area contributed by atoms with Crippen LogP contribution in [0.4, 0.5) is 0 Å². The molecule has 0 atom stereocenters. The maximum Gasteiger partial charge on any atom is 0.251 e. The molecule has 16 heavy (non-hydrogen) atoms. The summed E-state index contributed by atoms with van der Waals surface area (Å²) >= 11 is 3.43. The van der Waals surface area contributed by atoms with Gasteiger partial charge in [0.15, 0.2) is 0 Å². The first kappa shape index (κ1) is 11.4. The highest BCUT2D eigenvalue weighted by atomic mass is 79.9. The van der Waals surface area contributed by atoms with Gasteiger partial charge in [0.2, 0.25) is 0 Å². The zero-order valence-corrected chi connectivity index (χ0v) is 10.8. The van der Waals surface area contributed by atoms with Crippen molar-refractivity contribution in [2.45, 2.75) is 25.8 Å². The van der Waals surface area contributed by atoms with Crippen LogP contribution in [0.15, 0.2) is 34.8 Å². The normalized spacial score (nSPS) is 15.4. The van der Waals surface area contributed by atoms with Crippen LogP contribution in [0.5, 0.6) is 0 Å². The fourth-order valence-corrected chi connectivity index (χ4v) is 2.12. The summed E-state index contributed by atoms with van der Waals surface area (Å²) in [5, 5.41) is 3.02. The van der Waals surface area contributed by atoms with E-state index in [9.17, 15) is 4.79 Å². The van der Waals surface area contributed by atoms with Crippen molar-refractivity contribution >= 4 is 21.8 Å². The van der Waals surface area contributed by atoms with Gasteiger partial charge in [0.1, 0.15) is 0 Å². The molecule has 1 aromatic rings. The molecule has 84 valence electrons. The lowest BCUT2D eigenvalue weighted by atomic mass is 10.1. The number of rotatable bonds is 2. The van der Waals surface area contributed by atoms with Crippen LogP contribution in [0, 0.1) is 6.92 Å². The van der Waals surface area contributed by atoms with E-state index in [1.165, 1.54) is 0 Å². The molecule has 1 aliphatic carbocycles. The van der Waals surface area contributed by atoms with Crippen LogP contribution in [0.25, 0.3) is 0 Å². The van der Waals surface area contributed by atoms with E-state index in [2.05, 4.69) is 33.4 Å². The number of amides is 1. The molecule has 1 N–H and O–H groups in total. The number of carbonyl (C=O) groups excluding carboxylic acids is 1. The lowest BCUT2D eigenvalue weighted by molar-refractivity contribution is 0.0939. The predicted octanol–water partition coefficient (Wildman–Crippen LogP) is 3.21. The summed E-state index contributed by atoms with van der Waals surface area (Å²) in [7, 11) is 0. The molecule has 0 aromatic heterocycles. The molecule has 0 unspecified atom stereocenters. The molecule has 0 bridgehead atoms. The first-order valence-electron chi connectivity index (χ1n) is 5.39. The molecule has 0 fully saturated rings. The van der Waals surface area contributed by atoms with Gasteiger partial charge in [-0.05, 0) is 37.5 Å². The highest BCUT2D eigenvalue weighted by molar-refractivity contribution is 9.10. The third-order valence-corrected chi connectivity index (χ3v) is 3.63. The van der Waals surface area contributed by atoms with Crippen molar-refractivity contribution in [1.82, 2.24) is 5.32 Å². The zero-order valence-electron chi connectivity index (χ0n) is 9.16. The SMILES string of the molecule is Cc1ccc(C(=O)NC2CC=CC2)cc1Br. The van der Waals surface area contributed by atoms with Gasteiger partial charge in [-0.15, -0.1) is 0 Å². The van der Waals surface area contributed by atoms with Crippen LogP contribution in [0.3, 0.4) is 0 Å². The van der Waals surface area contributed by atoms with Crippen molar-refractivity contribution in [3.8, 4) is 0 Å². The van der Waals surface area contributed by atoms with E-state index in [1.54, 1.807) is 0 Å². The minimum atomic E-state index is 0.00870. The standard InChI is InChI=1S/C13H14BrNO/c1-9-6-7-10(8-12(9)14)13(16)15-11-4-2-3-5-11/h2-3,6-8,11H,4-5H2,1H3,(H,15,16). The molecular weight excluding hydrogens is 266 g/mol. The molecule has 0 saturated carbocycles. The van der Waals surface area contributed by atoms with Gasteiger partial charge in [0.05, 0.1) is 0 Å². The van der Waals surface area contributed by atoms with Crippen molar-refractivity contribution < 1.29 is 4.79 Å². The van der Waals surface area contributed by atoms with E-state index in [-0.39, 0.29) is 11.9 Å². The quantitative estimate of drug-likeness (QED) is 0.828. The molecule has 1 amide bonds. The van der Waals surface area contributed by atoms with Gasteiger partial charge in [0, 0.05) is 16.1 Å². The molecule has 2 nitrogen and oxygen atoms in total. The van der Waals surface area contributed by atoms with Crippen molar-refractivity contribution in [3.63, 3.8) is 0 Å². The Balaban J connectivity index is 2.05. The van der Waals surface area contributed by atoms with E-state index in [0.717, 1.165) is 22.9 Å². The van der Waals surface area contributed by atoms with Crippen LogP contribution in [-0.2, 0) is 0 Å². The van der Waals surface area contributed by atoms with Crippen LogP contribution < -0.4 is 5.32 Å². The largest absolute Gasteiger partial charge is 0.349 e. The van der Waals surface area contributed by atoms with Gasteiger partial charge in [-0.2, -0.15) is 0 Å². The second kappa shape index (κ2) is 4.83. The summed E-state index contributed by atoms with van der Waals surface area (Å²) in [6.07, 6.45) is 6.10. The van der Waals surface area contributed by atoms with E-state index < -0.39 is 0 Å². The van der Waals surface area contributed by atoms with Crippen molar-refractivity contribution in [3.05, 3.63) is 46.0 Å². The van der Waals surface area contributed by atoms with Crippen LogP contribution in [-0.4, -0.2) is 11.9 Å². The lowest BCUT2D eigenvalue weighted by Gasteiger charge is -2.12. The Bertz CT molecular complexity index is 432. The zero-order chi connectivity index (χ0) is 11.5. The molecule has 0 heterocycles. The number of aryl methyl sites for hydroxylation is 1. The molecule has 0 saturated heterocycles. The molecule has 1 aromatic carbocycles. The minimum Gasteiger partial charge on any atom is -0.349 e. The highest BCUT2D eigenvalue weighted by Gasteiger charge is 2.14. The van der Waals surface area contributed by atoms with Gasteiger partial charge < -0.3 is 5.32 Å². The number of nitrogens with one attached hydrogen (secondary N) is 1. The first-order chi connectivity index (χ1) is 7.66. The maximum absolute atomic E-state index is 11.9.